The number of ketones is 1. The van der Waals surface area contributed by atoms with Crippen LogP contribution in [-0.2, 0) is 14.3 Å². The van der Waals surface area contributed by atoms with Crippen molar-refractivity contribution < 1.29 is 14.3 Å². The summed E-state index contributed by atoms with van der Waals surface area (Å²) >= 11 is 0. The van der Waals surface area contributed by atoms with Gasteiger partial charge in [0.25, 0.3) is 0 Å². The van der Waals surface area contributed by atoms with E-state index in [-0.39, 0.29) is 17.7 Å². The van der Waals surface area contributed by atoms with E-state index in [1.54, 1.807) is 6.92 Å². The van der Waals surface area contributed by atoms with E-state index in [1.165, 1.54) is 0 Å². The highest BCUT2D eigenvalue weighted by Crippen LogP contribution is 2.28. The molecular weight excluding hydrogens is 204 g/mol. The Morgan fingerprint density at radius 2 is 1.69 bits per heavy atom. The number of hydrogen-bond acceptors (Lipinski definition) is 3. The van der Waals surface area contributed by atoms with Gasteiger partial charge in [-0.25, -0.2) is 0 Å². The smallest absolute Gasteiger partial charge is 0.316 e. The van der Waals surface area contributed by atoms with Gasteiger partial charge in [0, 0.05) is 5.92 Å². The standard InChI is InChI=1S/C13H22O3/c1-9(12(15)16-13(2,3)4)11(14)10-7-5-6-8-10/h9-10H,5-8H2,1-4H3. The van der Waals surface area contributed by atoms with E-state index in [4.69, 9.17) is 4.74 Å². The van der Waals surface area contributed by atoms with E-state index in [1.807, 2.05) is 20.8 Å². The number of carbonyl (C=O) groups excluding carboxylic acids is 2. The molecule has 1 rings (SSSR count). The first-order valence-electron chi connectivity index (χ1n) is 6.08. The lowest BCUT2D eigenvalue weighted by molar-refractivity contribution is -0.162. The highest BCUT2D eigenvalue weighted by molar-refractivity contribution is 5.99. The number of ether oxygens (including phenoxy) is 1. The molecule has 1 aliphatic rings. The van der Waals surface area contributed by atoms with Gasteiger partial charge in [-0.05, 0) is 40.5 Å². The fourth-order valence-electron chi connectivity index (χ4n) is 2.07. The normalized spacial score (nSPS) is 19.5. The zero-order valence-corrected chi connectivity index (χ0v) is 10.7. The summed E-state index contributed by atoms with van der Waals surface area (Å²) in [5.74, 6) is -0.846. The first kappa shape index (κ1) is 13.2. The fraction of sp³-hybridized carbons (Fsp3) is 0.846. The number of Topliss-reactive ketones (excluding diaryl/α,β-unsaturated/α-hetero) is 1. The van der Waals surface area contributed by atoms with Crippen LogP contribution in [0.4, 0.5) is 0 Å². The maximum Gasteiger partial charge on any atom is 0.316 e. The molecule has 3 nitrogen and oxygen atoms in total. The van der Waals surface area contributed by atoms with Crippen LogP contribution in [0.1, 0.15) is 53.4 Å². The largest absolute Gasteiger partial charge is 0.459 e. The average Bonchev–Trinajstić information content (AvgIpc) is 2.65. The van der Waals surface area contributed by atoms with E-state index in [9.17, 15) is 9.59 Å². The molecule has 0 spiro atoms. The number of rotatable bonds is 3. The third-order valence-electron chi connectivity index (χ3n) is 2.94. The molecule has 16 heavy (non-hydrogen) atoms. The van der Waals surface area contributed by atoms with Crippen molar-refractivity contribution >= 4 is 11.8 Å². The summed E-state index contributed by atoms with van der Waals surface area (Å²) in [6.07, 6.45) is 4.09. The number of hydrogen-bond donors (Lipinski definition) is 0. The molecule has 0 aromatic heterocycles. The SMILES string of the molecule is CC(C(=O)OC(C)(C)C)C(=O)C1CCCC1. The zero-order valence-electron chi connectivity index (χ0n) is 10.7. The average molecular weight is 226 g/mol. The minimum absolute atomic E-state index is 0.0618. The molecule has 0 heterocycles. The predicted octanol–water partition coefficient (Wildman–Crippen LogP) is 2.72. The molecule has 0 aromatic rings. The van der Waals surface area contributed by atoms with E-state index < -0.39 is 11.5 Å². The first-order chi connectivity index (χ1) is 7.31. The minimum Gasteiger partial charge on any atom is -0.459 e. The van der Waals surface area contributed by atoms with Crippen LogP contribution in [0.5, 0.6) is 0 Å². The van der Waals surface area contributed by atoms with Gasteiger partial charge in [-0.15, -0.1) is 0 Å². The van der Waals surface area contributed by atoms with E-state index in [0.29, 0.717) is 0 Å². The molecular formula is C13H22O3. The Kier molecular flexibility index (Phi) is 4.11. The molecule has 1 saturated carbocycles. The molecule has 1 fully saturated rings. The van der Waals surface area contributed by atoms with Crippen LogP contribution in [0.25, 0.3) is 0 Å². The Morgan fingerprint density at radius 1 is 1.19 bits per heavy atom. The summed E-state index contributed by atoms with van der Waals surface area (Å²) in [7, 11) is 0. The first-order valence-corrected chi connectivity index (χ1v) is 6.08. The summed E-state index contributed by atoms with van der Waals surface area (Å²) in [6.45, 7) is 7.11. The lowest BCUT2D eigenvalue weighted by atomic mass is 9.93. The minimum atomic E-state index is -0.609. The molecule has 0 saturated heterocycles. The van der Waals surface area contributed by atoms with Gasteiger partial charge in [-0.1, -0.05) is 12.8 Å². The molecule has 0 aromatic carbocycles. The van der Waals surface area contributed by atoms with E-state index in [2.05, 4.69) is 0 Å². The highest BCUT2D eigenvalue weighted by Gasteiger charge is 2.33. The van der Waals surface area contributed by atoms with Gasteiger partial charge in [0.2, 0.25) is 0 Å². The molecule has 0 amide bonds. The lowest BCUT2D eigenvalue weighted by Gasteiger charge is -2.22. The van der Waals surface area contributed by atoms with Gasteiger partial charge < -0.3 is 4.74 Å². The van der Waals surface area contributed by atoms with E-state index in [0.717, 1.165) is 25.7 Å². The third-order valence-corrected chi connectivity index (χ3v) is 2.94. The zero-order chi connectivity index (χ0) is 12.3. The van der Waals surface area contributed by atoms with Crippen LogP contribution in [-0.4, -0.2) is 17.4 Å². The van der Waals surface area contributed by atoms with Crippen molar-refractivity contribution in [2.45, 2.75) is 59.0 Å². The van der Waals surface area contributed by atoms with Crippen molar-refractivity contribution in [3.63, 3.8) is 0 Å². The van der Waals surface area contributed by atoms with Crippen LogP contribution in [0.15, 0.2) is 0 Å². The summed E-state index contributed by atoms with van der Waals surface area (Å²) in [4.78, 5) is 23.7. The molecule has 1 aliphatic carbocycles. The van der Waals surface area contributed by atoms with Crippen LogP contribution in [0, 0.1) is 11.8 Å². The summed E-state index contributed by atoms with van der Waals surface area (Å²) in [6, 6.07) is 0. The topological polar surface area (TPSA) is 43.4 Å². The van der Waals surface area contributed by atoms with Crippen molar-refractivity contribution in [2.75, 3.05) is 0 Å². The quantitative estimate of drug-likeness (QED) is 0.549. The number of esters is 1. The van der Waals surface area contributed by atoms with Gasteiger partial charge in [-0.2, -0.15) is 0 Å². The van der Waals surface area contributed by atoms with Crippen molar-refractivity contribution in [1.29, 1.82) is 0 Å². The van der Waals surface area contributed by atoms with Gasteiger partial charge in [0.1, 0.15) is 17.3 Å². The highest BCUT2D eigenvalue weighted by atomic mass is 16.6. The second kappa shape index (κ2) is 4.98. The Balaban J connectivity index is 2.52. The second-order valence-electron chi connectivity index (χ2n) is 5.64. The molecule has 3 heteroatoms. The Hall–Kier alpha value is -0.860. The van der Waals surface area contributed by atoms with Crippen LogP contribution in [0.2, 0.25) is 0 Å². The molecule has 0 N–H and O–H groups in total. The Bertz CT molecular complexity index is 269. The summed E-state index contributed by atoms with van der Waals surface area (Å²) in [5, 5.41) is 0. The maximum atomic E-state index is 12.0. The predicted molar refractivity (Wildman–Crippen MR) is 62.0 cm³/mol. The van der Waals surface area contributed by atoms with Crippen molar-refractivity contribution in [3.8, 4) is 0 Å². The second-order valence-corrected chi connectivity index (χ2v) is 5.64. The molecule has 0 aliphatic heterocycles. The van der Waals surface area contributed by atoms with Gasteiger partial charge in [-0.3, -0.25) is 9.59 Å². The molecule has 92 valence electrons. The van der Waals surface area contributed by atoms with Crippen LogP contribution in [0.3, 0.4) is 0 Å². The third kappa shape index (κ3) is 3.62. The summed E-state index contributed by atoms with van der Waals surface area (Å²) in [5.41, 5.74) is -0.513. The molecule has 0 bridgehead atoms. The number of carbonyl (C=O) groups is 2. The Labute approximate surface area is 97.5 Å². The van der Waals surface area contributed by atoms with Gasteiger partial charge in [0.15, 0.2) is 0 Å². The lowest BCUT2D eigenvalue weighted by Crippen LogP contribution is -2.33. The monoisotopic (exact) mass is 226 g/mol. The van der Waals surface area contributed by atoms with Crippen molar-refractivity contribution in [2.24, 2.45) is 11.8 Å². The Morgan fingerprint density at radius 3 is 2.12 bits per heavy atom. The fourth-order valence-corrected chi connectivity index (χ4v) is 2.07. The molecule has 1 unspecified atom stereocenters. The van der Waals surface area contributed by atoms with E-state index >= 15 is 0 Å². The van der Waals surface area contributed by atoms with Gasteiger partial charge >= 0.3 is 5.97 Å². The molecule has 0 radical (unpaired) electrons. The molecule has 1 atom stereocenters. The van der Waals surface area contributed by atoms with Crippen LogP contribution >= 0.6 is 0 Å². The van der Waals surface area contributed by atoms with Crippen molar-refractivity contribution in [3.05, 3.63) is 0 Å². The van der Waals surface area contributed by atoms with Crippen molar-refractivity contribution in [1.82, 2.24) is 0 Å². The maximum absolute atomic E-state index is 12.0. The van der Waals surface area contributed by atoms with Gasteiger partial charge in [0.05, 0.1) is 0 Å². The van der Waals surface area contributed by atoms with Crippen LogP contribution < -0.4 is 0 Å². The summed E-state index contributed by atoms with van der Waals surface area (Å²) < 4.78 is 5.22.